The monoisotopic (exact) mass is 286 g/mol. The Labute approximate surface area is 112 Å². The van der Waals surface area contributed by atoms with Crippen molar-refractivity contribution >= 4 is 27.1 Å². The van der Waals surface area contributed by atoms with Crippen molar-refractivity contribution in [2.24, 2.45) is 0 Å². The van der Waals surface area contributed by atoms with Crippen LogP contribution in [0.3, 0.4) is 0 Å². The molecule has 0 aromatic heterocycles. The van der Waals surface area contributed by atoms with Crippen LogP contribution in [0, 0.1) is 11.3 Å². The molecule has 6 heteroatoms. The predicted molar refractivity (Wildman–Crippen MR) is 73.6 cm³/mol. The minimum atomic E-state index is -3.16. The second kappa shape index (κ2) is 5.17. The van der Waals surface area contributed by atoms with E-state index in [4.69, 9.17) is 16.9 Å². The van der Waals surface area contributed by atoms with Gasteiger partial charge in [0.2, 0.25) is 0 Å². The van der Waals surface area contributed by atoms with Crippen LogP contribution >= 0.6 is 11.6 Å². The maximum atomic E-state index is 11.5. The number of rotatable bonds is 4. The summed E-state index contributed by atoms with van der Waals surface area (Å²) >= 11 is 5.99. The highest BCUT2D eigenvalue weighted by Gasteiger charge is 2.29. The molecule has 0 saturated heterocycles. The number of halogens is 1. The van der Waals surface area contributed by atoms with Gasteiger partial charge in [-0.1, -0.05) is 11.6 Å². The Morgan fingerprint density at radius 1 is 1.44 bits per heavy atom. The quantitative estimate of drug-likeness (QED) is 0.923. The molecule has 0 radical (unpaired) electrons. The highest BCUT2D eigenvalue weighted by molar-refractivity contribution is 7.92. The SMILES string of the molecule is CC(C)(CNc1ccc(C#N)cc1Cl)S(C)(=O)=O. The van der Waals surface area contributed by atoms with Gasteiger partial charge in [0, 0.05) is 12.8 Å². The minimum Gasteiger partial charge on any atom is -0.382 e. The van der Waals surface area contributed by atoms with Crippen molar-refractivity contribution < 1.29 is 8.42 Å². The number of nitriles is 1. The first-order chi connectivity index (χ1) is 8.17. The lowest BCUT2D eigenvalue weighted by Crippen LogP contribution is -2.38. The van der Waals surface area contributed by atoms with Crippen LogP contribution in [0.25, 0.3) is 0 Å². The maximum absolute atomic E-state index is 11.5. The van der Waals surface area contributed by atoms with Gasteiger partial charge in [0.1, 0.15) is 0 Å². The molecule has 0 aliphatic heterocycles. The molecule has 0 aliphatic rings. The molecule has 0 amide bonds. The van der Waals surface area contributed by atoms with Gasteiger partial charge in [-0.05, 0) is 32.0 Å². The number of hydrogen-bond acceptors (Lipinski definition) is 4. The lowest BCUT2D eigenvalue weighted by Gasteiger charge is -2.23. The number of nitrogens with one attached hydrogen (secondary N) is 1. The third kappa shape index (κ3) is 3.37. The summed E-state index contributed by atoms with van der Waals surface area (Å²) in [7, 11) is -3.16. The molecule has 0 unspecified atom stereocenters. The Bertz CT molecular complexity index is 589. The van der Waals surface area contributed by atoms with Gasteiger partial charge in [-0.3, -0.25) is 0 Å². The highest BCUT2D eigenvalue weighted by Crippen LogP contribution is 2.24. The summed E-state index contributed by atoms with van der Waals surface area (Å²) in [6.45, 7) is 3.54. The van der Waals surface area contributed by atoms with Crippen molar-refractivity contribution in [3.63, 3.8) is 0 Å². The fraction of sp³-hybridized carbons (Fsp3) is 0.417. The third-order valence-electron chi connectivity index (χ3n) is 2.81. The van der Waals surface area contributed by atoms with E-state index in [0.29, 0.717) is 16.3 Å². The van der Waals surface area contributed by atoms with Crippen molar-refractivity contribution in [3.8, 4) is 6.07 Å². The topological polar surface area (TPSA) is 70.0 Å². The summed E-state index contributed by atoms with van der Waals surface area (Å²) in [6.07, 6.45) is 1.20. The van der Waals surface area contributed by atoms with Crippen LogP contribution in [-0.4, -0.2) is 26.0 Å². The van der Waals surface area contributed by atoms with Gasteiger partial charge in [-0.25, -0.2) is 8.42 Å². The molecular formula is C12H15ClN2O2S. The minimum absolute atomic E-state index is 0.247. The Kier molecular flexibility index (Phi) is 4.25. The van der Waals surface area contributed by atoms with E-state index in [1.54, 1.807) is 26.0 Å². The molecule has 0 atom stereocenters. The zero-order valence-electron chi connectivity index (χ0n) is 10.5. The zero-order chi connectivity index (χ0) is 14.0. The van der Waals surface area contributed by atoms with Crippen molar-refractivity contribution in [1.29, 1.82) is 5.26 Å². The molecule has 1 aromatic rings. The summed E-state index contributed by atoms with van der Waals surface area (Å²) in [4.78, 5) is 0. The largest absolute Gasteiger partial charge is 0.382 e. The normalized spacial score (nSPS) is 11.9. The first-order valence-electron chi connectivity index (χ1n) is 5.30. The summed E-state index contributed by atoms with van der Waals surface area (Å²) in [5, 5.41) is 12.1. The summed E-state index contributed by atoms with van der Waals surface area (Å²) < 4.78 is 22.2. The number of nitrogens with zero attached hydrogens (tertiary/aromatic N) is 1. The second-order valence-electron chi connectivity index (χ2n) is 4.69. The van der Waals surface area contributed by atoms with Crippen LogP contribution in [0.2, 0.25) is 5.02 Å². The van der Waals surface area contributed by atoms with Crippen LogP contribution in [-0.2, 0) is 9.84 Å². The molecule has 0 saturated carbocycles. The Hall–Kier alpha value is -1.25. The van der Waals surface area contributed by atoms with Crippen LogP contribution in [0.1, 0.15) is 19.4 Å². The van der Waals surface area contributed by atoms with E-state index in [0.717, 1.165) is 0 Å². The van der Waals surface area contributed by atoms with Crippen molar-refractivity contribution in [2.75, 3.05) is 18.1 Å². The van der Waals surface area contributed by atoms with Crippen LogP contribution in [0.4, 0.5) is 5.69 Å². The molecular weight excluding hydrogens is 272 g/mol. The average Bonchev–Trinajstić information content (AvgIpc) is 2.25. The van der Waals surface area contributed by atoms with E-state index >= 15 is 0 Å². The number of sulfone groups is 1. The van der Waals surface area contributed by atoms with E-state index in [-0.39, 0.29) is 6.54 Å². The van der Waals surface area contributed by atoms with Gasteiger partial charge in [-0.15, -0.1) is 0 Å². The molecule has 1 N–H and O–H groups in total. The molecule has 1 aromatic carbocycles. The number of hydrogen-bond donors (Lipinski definition) is 1. The van der Waals surface area contributed by atoms with Crippen LogP contribution in [0.15, 0.2) is 18.2 Å². The number of benzene rings is 1. The van der Waals surface area contributed by atoms with E-state index in [1.165, 1.54) is 12.3 Å². The van der Waals surface area contributed by atoms with Crippen molar-refractivity contribution in [3.05, 3.63) is 28.8 Å². The fourth-order valence-corrected chi connectivity index (χ4v) is 1.75. The summed E-state index contributed by atoms with van der Waals surface area (Å²) in [6, 6.07) is 6.82. The lowest BCUT2D eigenvalue weighted by molar-refractivity contribution is 0.560. The fourth-order valence-electron chi connectivity index (χ4n) is 1.17. The molecule has 0 heterocycles. The Morgan fingerprint density at radius 2 is 2.06 bits per heavy atom. The summed E-state index contributed by atoms with van der Waals surface area (Å²) in [5.74, 6) is 0. The lowest BCUT2D eigenvalue weighted by atomic mass is 10.2. The summed E-state index contributed by atoms with van der Waals surface area (Å²) in [5.41, 5.74) is 1.08. The first kappa shape index (κ1) is 14.8. The van der Waals surface area contributed by atoms with E-state index in [2.05, 4.69) is 5.32 Å². The second-order valence-corrected chi connectivity index (χ2v) is 7.75. The third-order valence-corrected chi connectivity index (χ3v) is 5.27. The Morgan fingerprint density at radius 3 is 2.50 bits per heavy atom. The standard InChI is InChI=1S/C12H15ClN2O2S/c1-12(2,18(3,16)17)8-15-11-5-4-9(7-14)6-10(11)13/h4-6,15H,8H2,1-3H3. The molecule has 18 heavy (non-hydrogen) atoms. The predicted octanol–water partition coefficient (Wildman–Crippen LogP) is 2.45. The van der Waals surface area contributed by atoms with E-state index < -0.39 is 14.6 Å². The van der Waals surface area contributed by atoms with Gasteiger partial charge < -0.3 is 5.32 Å². The molecule has 0 bridgehead atoms. The molecule has 98 valence electrons. The van der Waals surface area contributed by atoms with Gasteiger partial charge in [-0.2, -0.15) is 5.26 Å². The first-order valence-corrected chi connectivity index (χ1v) is 7.57. The molecule has 1 rings (SSSR count). The molecule has 4 nitrogen and oxygen atoms in total. The average molecular weight is 287 g/mol. The Balaban J connectivity index is 2.86. The highest BCUT2D eigenvalue weighted by atomic mass is 35.5. The smallest absolute Gasteiger partial charge is 0.154 e. The van der Waals surface area contributed by atoms with Gasteiger partial charge in [0.05, 0.1) is 27.1 Å². The molecule has 0 spiro atoms. The van der Waals surface area contributed by atoms with Gasteiger partial charge in [0.25, 0.3) is 0 Å². The van der Waals surface area contributed by atoms with Gasteiger partial charge >= 0.3 is 0 Å². The van der Waals surface area contributed by atoms with Crippen LogP contribution in [0.5, 0.6) is 0 Å². The van der Waals surface area contributed by atoms with E-state index in [9.17, 15) is 8.42 Å². The molecule has 0 fully saturated rings. The van der Waals surface area contributed by atoms with Gasteiger partial charge in [0.15, 0.2) is 9.84 Å². The van der Waals surface area contributed by atoms with Crippen molar-refractivity contribution in [1.82, 2.24) is 0 Å². The molecule has 0 aliphatic carbocycles. The number of anilines is 1. The van der Waals surface area contributed by atoms with Crippen molar-refractivity contribution in [2.45, 2.75) is 18.6 Å². The van der Waals surface area contributed by atoms with Crippen LogP contribution < -0.4 is 5.32 Å². The van der Waals surface area contributed by atoms with E-state index in [1.807, 2.05) is 6.07 Å². The maximum Gasteiger partial charge on any atom is 0.154 e. The zero-order valence-corrected chi connectivity index (χ0v) is 12.1.